The third-order valence-corrected chi connectivity index (χ3v) is 9.01. The van der Waals surface area contributed by atoms with Crippen molar-refractivity contribution in [3.05, 3.63) is 77.7 Å². The SMILES string of the molecule is C#CP(=O)(OC)C(C(=O)O)(c1c(-c2ccc(F)cc2)cc(-c2ccccc2)nc1C1CC1)C(C)O. The van der Waals surface area contributed by atoms with Gasteiger partial charge in [-0.05, 0) is 54.8 Å². The number of hydrogen-bond donors (Lipinski definition) is 2. The van der Waals surface area contributed by atoms with E-state index in [1.54, 1.807) is 6.07 Å². The summed E-state index contributed by atoms with van der Waals surface area (Å²) in [6.45, 7) is 1.23. The van der Waals surface area contributed by atoms with Crippen LogP contribution in [0.15, 0.2) is 60.7 Å². The molecule has 1 heterocycles. The molecule has 3 aromatic rings. The first-order valence-corrected chi connectivity index (χ1v) is 12.7. The van der Waals surface area contributed by atoms with Crippen molar-refractivity contribution in [1.82, 2.24) is 4.98 Å². The molecule has 0 aliphatic heterocycles. The van der Waals surface area contributed by atoms with Crippen LogP contribution in [-0.2, 0) is 19.0 Å². The molecule has 3 atom stereocenters. The van der Waals surface area contributed by atoms with Gasteiger partial charge in [-0.2, -0.15) is 0 Å². The normalized spacial score (nSPS) is 17.6. The van der Waals surface area contributed by atoms with E-state index in [-0.39, 0.29) is 11.5 Å². The highest BCUT2D eigenvalue weighted by atomic mass is 31.2. The Bertz CT molecular complexity index is 1350. The van der Waals surface area contributed by atoms with Gasteiger partial charge in [-0.1, -0.05) is 42.5 Å². The number of carbonyl (C=O) groups is 1. The number of carboxylic acids is 1. The number of aromatic nitrogens is 1. The van der Waals surface area contributed by atoms with Crippen LogP contribution in [-0.4, -0.2) is 34.4 Å². The maximum atomic E-state index is 14.0. The summed E-state index contributed by atoms with van der Waals surface area (Å²) in [5.41, 5.74) is 4.64. The van der Waals surface area contributed by atoms with E-state index in [0.717, 1.165) is 25.5 Å². The van der Waals surface area contributed by atoms with Crippen LogP contribution < -0.4 is 0 Å². The van der Waals surface area contributed by atoms with Crippen LogP contribution in [0.1, 0.15) is 36.9 Å². The lowest BCUT2D eigenvalue weighted by Crippen LogP contribution is -2.46. The number of pyridine rings is 1. The monoisotopic (exact) mass is 493 g/mol. The van der Waals surface area contributed by atoms with Crippen molar-refractivity contribution in [3.8, 4) is 34.5 Å². The zero-order valence-electron chi connectivity index (χ0n) is 19.3. The zero-order chi connectivity index (χ0) is 25.4. The summed E-state index contributed by atoms with van der Waals surface area (Å²) in [7, 11) is -3.40. The number of aliphatic carboxylic acids is 1. The molecule has 8 heteroatoms. The number of hydrogen-bond acceptors (Lipinski definition) is 5. The van der Waals surface area contributed by atoms with Crippen LogP contribution in [0.5, 0.6) is 0 Å². The van der Waals surface area contributed by atoms with Gasteiger partial charge in [0.1, 0.15) is 5.82 Å². The molecule has 1 fully saturated rings. The molecular weight excluding hydrogens is 468 g/mol. The van der Waals surface area contributed by atoms with Crippen LogP contribution in [0.2, 0.25) is 0 Å². The van der Waals surface area contributed by atoms with Crippen molar-refractivity contribution >= 4 is 13.3 Å². The molecule has 35 heavy (non-hydrogen) atoms. The maximum absolute atomic E-state index is 14.0. The summed E-state index contributed by atoms with van der Waals surface area (Å²) in [6.07, 6.45) is 5.38. The molecule has 1 aromatic heterocycles. The quantitative estimate of drug-likeness (QED) is 0.313. The van der Waals surface area contributed by atoms with Gasteiger partial charge in [0.2, 0.25) is 5.16 Å². The van der Waals surface area contributed by atoms with Gasteiger partial charge < -0.3 is 14.7 Å². The van der Waals surface area contributed by atoms with E-state index in [0.29, 0.717) is 22.5 Å². The third kappa shape index (κ3) is 4.08. The molecule has 1 aliphatic carbocycles. The Kier molecular flexibility index (Phi) is 6.66. The van der Waals surface area contributed by atoms with E-state index in [9.17, 15) is 24.0 Å². The largest absolute Gasteiger partial charge is 0.480 e. The molecule has 3 unspecified atom stereocenters. The molecule has 180 valence electrons. The lowest BCUT2D eigenvalue weighted by Gasteiger charge is -2.38. The first-order chi connectivity index (χ1) is 16.7. The van der Waals surface area contributed by atoms with Crippen LogP contribution in [0.4, 0.5) is 4.39 Å². The van der Waals surface area contributed by atoms with E-state index < -0.39 is 30.4 Å². The van der Waals surface area contributed by atoms with Gasteiger partial charge in [0.25, 0.3) is 7.37 Å². The second-order valence-electron chi connectivity index (χ2n) is 8.57. The van der Waals surface area contributed by atoms with E-state index in [1.165, 1.54) is 31.2 Å². The number of rotatable bonds is 8. The van der Waals surface area contributed by atoms with Gasteiger partial charge in [0.15, 0.2) is 0 Å². The first-order valence-electron chi connectivity index (χ1n) is 11.1. The van der Waals surface area contributed by atoms with Gasteiger partial charge in [0, 0.05) is 29.8 Å². The van der Waals surface area contributed by atoms with E-state index in [1.807, 2.05) is 30.3 Å². The maximum Gasteiger partial charge on any atom is 0.327 e. The van der Waals surface area contributed by atoms with Gasteiger partial charge in [-0.15, -0.1) is 6.42 Å². The summed E-state index contributed by atoms with van der Waals surface area (Å²) in [6, 6.07) is 16.5. The van der Waals surface area contributed by atoms with Gasteiger partial charge in [-0.25, -0.2) is 4.39 Å². The number of carboxylic acid groups (broad SMARTS) is 1. The fourth-order valence-electron chi connectivity index (χ4n) is 4.54. The molecule has 0 radical (unpaired) electrons. The smallest absolute Gasteiger partial charge is 0.327 e. The standard InChI is InChI=1S/C27H25FNO5P/c1-4-35(33,34-3)27(17(2)30,26(31)32)24-22(18-12-14-21(28)15-13-18)16-23(19-8-6-5-7-9-19)29-25(24)20-10-11-20/h1,5-9,12-17,20,30H,10-11H2,2-3H3,(H,31,32). The van der Waals surface area contributed by atoms with Gasteiger partial charge >= 0.3 is 5.97 Å². The molecular formula is C27H25FNO5P. The minimum Gasteiger partial charge on any atom is -0.480 e. The second kappa shape index (κ2) is 9.39. The molecule has 1 aliphatic rings. The van der Waals surface area contributed by atoms with Crippen molar-refractivity contribution in [2.24, 2.45) is 0 Å². The lowest BCUT2D eigenvalue weighted by molar-refractivity contribution is -0.144. The number of aliphatic hydroxyl groups is 1. The number of terminal acetylenes is 1. The van der Waals surface area contributed by atoms with Crippen molar-refractivity contribution in [3.63, 3.8) is 0 Å². The zero-order valence-corrected chi connectivity index (χ0v) is 20.2. The Balaban J connectivity index is 2.20. The van der Waals surface area contributed by atoms with Crippen molar-refractivity contribution in [2.45, 2.75) is 36.9 Å². The predicted octanol–water partition coefficient (Wildman–Crippen LogP) is 5.61. The minimum atomic E-state index is -4.48. The number of nitrogens with zero attached hydrogens (tertiary/aromatic N) is 1. The average Bonchev–Trinajstić information content (AvgIpc) is 3.70. The summed E-state index contributed by atoms with van der Waals surface area (Å²) in [5, 5.41) is 19.1. The molecule has 4 rings (SSSR count). The number of aliphatic hydroxyl groups excluding tert-OH is 1. The van der Waals surface area contributed by atoms with Gasteiger partial charge in [0.05, 0.1) is 11.8 Å². The Morgan fingerprint density at radius 2 is 1.83 bits per heavy atom. The Morgan fingerprint density at radius 3 is 2.31 bits per heavy atom. The average molecular weight is 493 g/mol. The van der Waals surface area contributed by atoms with E-state index >= 15 is 0 Å². The van der Waals surface area contributed by atoms with Crippen LogP contribution in [0, 0.1) is 17.9 Å². The van der Waals surface area contributed by atoms with Crippen molar-refractivity contribution in [1.29, 1.82) is 0 Å². The highest BCUT2D eigenvalue weighted by molar-refractivity contribution is 7.66. The molecule has 0 amide bonds. The molecule has 1 saturated carbocycles. The van der Waals surface area contributed by atoms with Crippen LogP contribution in [0.3, 0.4) is 0 Å². The Hall–Kier alpha value is -3.30. The molecule has 0 saturated heterocycles. The summed E-state index contributed by atoms with van der Waals surface area (Å²) in [5.74, 6) is -2.18. The summed E-state index contributed by atoms with van der Waals surface area (Å²) >= 11 is 0. The van der Waals surface area contributed by atoms with Gasteiger partial charge in [-0.3, -0.25) is 14.3 Å². The fourth-order valence-corrected chi connectivity index (χ4v) is 6.41. The molecule has 0 spiro atoms. The van der Waals surface area contributed by atoms with Crippen LogP contribution in [0.25, 0.3) is 22.4 Å². The fraction of sp³-hybridized carbons (Fsp3) is 0.259. The minimum absolute atomic E-state index is 0.0388. The highest BCUT2D eigenvalue weighted by Gasteiger charge is 2.62. The van der Waals surface area contributed by atoms with E-state index in [4.69, 9.17) is 15.9 Å². The lowest BCUT2D eigenvalue weighted by atomic mass is 9.83. The molecule has 2 aromatic carbocycles. The van der Waals surface area contributed by atoms with Crippen LogP contribution >= 0.6 is 7.37 Å². The predicted molar refractivity (Wildman–Crippen MR) is 131 cm³/mol. The molecule has 2 N–H and O–H groups in total. The summed E-state index contributed by atoms with van der Waals surface area (Å²) in [4.78, 5) is 17.8. The third-order valence-electron chi connectivity index (χ3n) is 6.44. The highest BCUT2D eigenvalue weighted by Crippen LogP contribution is 2.67. The summed E-state index contributed by atoms with van der Waals surface area (Å²) < 4.78 is 33.0. The molecule has 6 nitrogen and oxygen atoms in total. The number of halogens is 1. The topological polar surface area (TPSA) is 96.7 Å². The Labute approximate surface area is 203 Å². The number of benzene rings is 2. The van der Waals surface area contributed by atoms with Crippen molar-refractivity contribution in [2.75, 3.05) is 7.11 Å². The first kappa shape index (κ1) is 24.8. The Morgan fingerprint density at radius 1 is 1.20 bits per heavy atom. The van der Waals surface area contributed by atoms with E-state index in [2.05, 4.69) is 5.66 Å². The second-order valence-corrected chi connectivity index (χ2v) is 11.0. The van der Waals surface area contributed by atoms with Crippen molar-refractivity contribution < 1.29 is 28.5 Å². The molecule has 0 bridgehead atoms.